The highest BCUT2D eigenvalue weighted by Crippen LogP contribution is 2.27. The van der Waals surface area contributed by atoms with Gasteiger partial charge in [0.1, 0.15) is 6.29 Å². The van der Waals surface area contributed by atoms with Gasteiger partial charge in [-0.05, 0) is 19.3 Å². The summed E-state index contributed by atoms with van der Waals surface area (Å²) >= 11 is 0. The molecule has 0 bridgehead atoms. The molecule has 0 aromatic carbocycles. The van der Waals surface area contributed by atoms with E-state index >= 15 is 0 Å². The maximum Gasteiger partial charge on any atom is 0.306 e. The summed E-state index contributed by atoms with van der Waals surface area (Å²) in [5, 5.41) is 8.70. The van der Waals surface area contributed by atoms with Gasteiger partial charge in [0, 0.05) is 12.0 Å². The van der Waals surface area contributed by atoms with Gasteiger partial charge in [-0.25, -0.2) is 0 Å². The van der Waals surface area contributed by atoms with Crippen LogP contribution in [0.1, 0.15) is 19.3 Å². The minimum atomic E-state index is -0.836. The summed E-state index contributed by atoms with van der Waals surface area (Å²) in [4.78, 5) is 21.0. The molecule has 0 saturated heterocycles. The number of nitrogens with two attached hydrogens (primary N) is 1. The van der Waals surface area contributed by atoms with Crippen LogP contribution in [0.5, 0.6) is 0 Å². The van der Waals surface area contributed by atoms with Crippen molar-refractivity contribution >= 4 is 12.3 Å². The lowest BCUT2D eigenvalue weighted by molar-refractivity contribution is -0.143. The number of rotatable bonds is 2. The van der Waals surface area contributed by atoms with Crippen LogP contribution in [0, 0.1) is 11.8 Å². The molecule has 12 heavy (non-hydrogen) atoms. The maximum absolute atomic E-state index is 10.6. The van der Waals surface area contributed by atoms with Crippen LogP contribution in [-0.4, -0.2) is 23.4 Å². The first-order valence-electron chi connectivity index (χ1n) is 4.07. The largest absolute Gasteiger partial charge is 0.481 e. The van der Waals surface area contributed by atoms with Crippen molar-refractivity contribution in [3.8, 4) is 0 Å². The van der Waals surface area contributed by atoms with Gasteiger partial charge >= 0.3 is 5.97 Å². The van der Waals surface area contributed by atoms with E-state index in [-0.39, 0.29) is 12.0 Å². The summed E-state index contributed by atoms with van der Waals surface area (Å²) in [5.41, 5.74) is 5.61. The first-order chi connectivity index (χ1) is 5.63. The Balaban J connectivity index is 2.56. The molecule has 3 atom stereocenters. The minimum Gasteiger partial charge on any atom is -0.481 e. The summed E-state index contributed by atoms with van der Waals surface area (Å²) in [7, 11) is 0. The Bertz CT molecular complexity index is 193. The molecular formula is C8H13NO3. The molecule has 0 aromatic rings. The lowest BCUT2D eigenvalue weighted by atomic mass is 9.79. The molecule has 1 aliphatic carbocycles. The maximum atomic E-state index is 10.6. The van der Waals surface area contributed by atoms with Gasteiger partial charge in [0.2, 0.25) is 0 Å². The van der Waals surface area contributed by atoms with Crippen molar-refractivity contribution in [1.82, 2.24) is 0 Å². The third kappa shape index (κ3) is 2.04. The van der Waals surface area contributed by atoms with Gasteiger partial charge in [0.05, 0.1) is 5.92 Å². The van der Waals surface area contributed by atoms with E-state index in [0.29, 0.717) is 19.3 Å². The SMILES string of the molecule is NC1CC(C=O)CC(C(=O)O)C1. The molecule has 4 nitrogen and oxygen atoms in total. The predicted octanol–water partition coefficient (Wildman–Crippen LogP) is 0.0135. The first kappa shape index (κ1) is 9.19. The molecular weight excluding hydrogens is 158 g/mol. The molecule has 0 aliphatic heterocycles. The standard InChI is InChI=1S/C8H13NO3/c9-7-2-5(4-10)1-6(3-7)8(11)12/h4-7H,1-3,9H2,(H,11,12). The fourth-order valence-electron chi connectivity index (χ4n) is 1.72. The van der Waals surface area contributed by atoms with Crippen molar-refractivity contribution in [3.63, 3.8) is 0 Å². The van der Waals surface area contributed by atoms with Gasteiger partial charge in [-0.3, -0.25) is 4.79 Å². The van der Waals surface area contributed by atoms with E-state index in [0.717, 1.165) is 6.29 Å². The summed E-state index contributed by atoms with van der Waals surface area (Å²) in [6, 6.07) is -0.130. The number of carbonyl (C=O) groups excluding carboxylic acids is 1. The molecule has 1 fully saturated rings. The van der Waals surface area contributed by atoms with Crippen molar-refractivity contribution < 1.29 is 14.7 Å². The average molecular weight is 171 g/mol. The summed E-state index contributed by atoms with van der Waals surface area (Å²) < 4.78 is 0. The van der Waals surface area contributed by atoms with Crippen LogP contribution in [0.4, 0.5) is 0 Å². The van der Waals surface area contributed by atoms with Crippen molar-refractivity contribution in [2.45, 2.75) is 25.3 Å². The Hall–Kier alpha value is -0.900. The molecule has 3 unspecified atom stereocenters. The van der Waals surface area contributed by atoms with E-state index in [1.54, 1.807) is 0 Å². The molecule has 1 aliphatic rings. The van der Waals surface area contributed by atoms with Gasteiger partial charge in [-0.2, -0.15) is 0 Å². The summed E-state index contributed by atoms with van der Waals surface area (Å²) in [5.74, 6) is -1.42. The molecule has 4 heteroatoms. The zero-order chi connectivity index (χ0) is 9.14. The molecule has 0 spiro atoms. The normalized spacial score (nSPS) is 35.9. The van der Waals surface area contributed by atoms with Crippen LogP contribution in [0.15, 0.2) is 0 Å². The van der Waals surface area contributed by atoms with E-state index in [1.165, 1.54) is 0 Å². The van der Waals surface area contributed by atoms with Crippen LogP contribution in [0.3, 0.4) is 0 Å². The Kier molecular flexibility index (Phi) is 2.81. The molecule has 0 aromatic heterocycles. The molecule has 68 valence electrons. The molecule has 1 rings (SSSR count). The van der Waals surface area contributed by atoms with E-state index < -0.39 is 11.9 Å². The molecule has 0 amide bonds. The number of hydrogen-bond acceptors (Lipinski definition) is 3. The summed E-state index contributed by atoms with van der Waals surface area (Å²) in [6.45, 7) is 0. The highest BCUT2D eigenvalue weighted by Gasteiger charge is 2.30. The molecule has 0 heterocycles. The highest BCUT2D eigenvalue weighted by atomic mass is 16.4. The number of carboxylic acid groups (broad SMARTS) is 1. The van der Waals surface area contributed by atoms with Crippen molar-refractivity contribution in [1.29, 1.82) is 0 Å². The number of hydrogen-bond donors (Lipinski definition) is 2. The monoisotopic (exact) mass is 171 g/mol. The summed E-state index contributed by atoms with van der Waals surface area (Å²) in [6.07, 6.45) is 2.40. The van der Waals surface area contributed by atoms with E-state index in [2.05, 4.69) is 0 Å². The average Bonchev–Trinajstić information content (AvgIpc) is 2.03. The smallest absolute Gasteiger partial charge is 0.306 e. The van der Waals surface area contributed by atoms with Crippen molar-refractivity contribution in [2.75, 3.05) is 0 Å². The van der Waals surface area contributed by atoms with Crippen LogP contribution in [0.2, 0.25) is 0 Å². The quantitative estimate of drug-likeness (QED) is 0.574. The van der Waals surface area contributed by atoms with E-state index in [4.69, 9.17) is 10.8 Å². The van der Waals surface area contributed by atoms with Gasteiger partial charge in [0.15, 0.2) is 0 Å². The minimum absolute atomic E-state index is 0.130. The Morgan fingerprint density at radius 1 is 1.42 bits per heavy atom. The number of aliphatic carboxylic acids is 1. The Morgan fingerprint density at radius 3 is 2.58 bits per heavy atom. The predicted molar refractivity (Wildman–Crippen MR) is 42.5 cm³/mol. The second-order valence-electron chi connectivity index (χ2n) is 3.40. The topological polar surface area (TPSA) is 80.4 Å². The number of carbonyl (C=O) groups is 2. The second kappa shape index (κ2) is 3.67. The highest BCUT2D eigenvalue weighted by molar-refractivity contribution is 5.71. The third-order valence-electron chi connectivity index (χ3n) is 2.32. The first-order valence-corrected chi connectivity index (χ1v) is 4.07. The van der Waals surface area contributed by atoms with Crippen LogP contribution in [0.25, 0.3) is 0 Å². The van der Waals surface area contributed by atoms with Crippen LogP contribution >= 0.6 is 0 Å². The fourth-order valence-corrected chi connectivity index (χ4v) is 1.72. The second-order valence-corrected chi connectivity index (χ2v) is 3.40. The Morgan fingerprint density at radius 2 is 2.08 bits per heavy atom. The van der Waals surface area contributed by atoms with Crippen molar-refractivity contribution in [3.05, 3.63) is 0 Å². The van der Waals surface area contributed by atoms with Gasteiger partial charge < -0.3 is 15.6 Å². The zero-order valence-electron chi connectivity index (χ0n) is 6.77. The van der Waals surface area contributed by atoms with Crippen LogP contribution < -0.4 is 5.73 Å². The molecule has 3 N–H and O–H groups in total. The lowest BCUT2D eigenvalue weighted by Gasteiger charge is -2.27. The van der Waals surface area contributed by atoms with Gasteiger partial charge in [-0.1, -0.05) is 0 Å². The van der Waals surface area contributed by atoms with Gasteiger partial charge in [-0.15, -0.1) is 0 Å². The Labute approximate surface area is 70.7 Å². The van der Waals surface area contributed by atoms with Crippen molar-refractivity contribution in [2.24, 2.45) is 17.6 Å². The molecule has 0 radical (unpaired) electrons. The van der Waals surface area contributed by atoms with E-state index in [1.807, 2.05) is 0 Å². The fraction of sp³-hybridized carbons (Fsp3) is 0.750. The third-order valence-corrected chi connectivity index (χ3v) is 2.32. The zero-order valence-corrected chi connectivity index (χ0v) is 6.77. The van der Waals surface area contributed by atoms with E-state index in [9.17, 15) is 9.59 Å². The molecule has 1 saturated carbocycles. The lowest BCUT2D eigenvalue weighted by Crippen LogP contribution is -2.36. The number of aldehydes is 1. The van der Waals surface area contributed by atoms with Gasteiger partial charge in [0.25, 0.3) is 0 Å². The number of carboxylic acids is 1. The van der Waals surface area contributed by atoms with Crippen LogP contribution in [-0.2, 0) is 9.59 Å².